The third kappa shape index (κ3) is 3.38. The van der Waals surface area contributed by atoms with Gasteiger partial charge in [0.2, 0.25) is 0 Å². The van der Waals surface area contributed by atoms with E-state index >= 15 is 0 Å². The highest BCUT2D eigenvalue weighted by Crippen LogP contribution is 2.10. The first kappa shape index (κ1) is 9.92. The summed E-state index contributed by atoms with van der Waals surface area (Å²) in [5, 5.41) is 1.90. The third-order valence-corrected chi connectivity index (χ3v) is 2.40. The minimum absolute atomic E-state index is 0.102. The van der Waals surface area contributed by atoms with Crippen LogP contribution in [0.3, 0.4) is 0 Å². The van der Waals surface area contributed by atoms with Gasteiger partial charge in [-0.05, 0) is 11.4 Å². The maximum atomic E-state index is 11.2. The molecule has 0 radical (unpaired) electrons. The smallest absolute Gasteiger partial charge is 0.313 e. The monoisotopic (exact) mass is 198 g/mol. The summed E-state index contributed by atoms with van der Waals surface area (Å²) >= 11 is 1.51. The fraction of sp³-hybridized carbons (Fsp3) is 0.333. The molecule has 1 aromatic heterocycles. The van der Waals surface area contributed by atoms with Gasteiger partial charge < -0.3 is 4.74 Å². The SMILES string of the molecule is COC(=O)CC(=O)Cc1cccs1. The zero-order chi connectivity index (χ0) is 9.68. The normalized spacial score (nSPS) is 9.62. The van der Waals surface area contributed by atoms with Crippen molar-refractivity contribution in [3.63, 3.8) is 0 Å². The van der Waals surface area contributed by atoms with Gasteiger partial charge in [0, 0.05) is 11.3 Å². The van der Waals surface area contributed by atoms with Crippen LogP contribution in [0, 0.1) is 0 Å². The molecule has 0 N–H and O–H groups in total. The molecule has 70 valence electrons. The van der Waals surface area contributed by atoms with Crippen LogP contribution in [0.1, 0.15) is 11.3 Å². The van der Waals surface area contributed by atoms with Crippen LogP contribution in [-0.2, 0) is 20.7 Å². The molecule has 0 saturated carbocycles. The molecular formula is C9H10O3S. The summed E-state index contributed by atoms with van der Waals surface area (Å²) in [5.74, 6) is -0.573. The van der Waals surface area contributed by atoms with Crippen molar-refractivity contribution in [1.29, 1.82) is 0 Å². The van der Waals surface area contributed by atoms with Crippen molar-refractivity contribution in [2.75, 3.05) is 7.11 Å². The lowest BCUT2D eigenvalue weighted by molar-refractivity contribution is -0.143. The van der Waals surface area contributed by atoms with E-state index in [4.69, 9.17) is 0 Å². The van der Waals surface area contributed by atoms with Crippen LogP contribution in [-0.4, -0.2) is 18.9 Å². The van der Waals surface area contributed by atoms with Crippen molar-refractivity contribution < 1.29 is 14.3 Å². The quantitative estimate of drug-likeness (QED) is 0.543. The van der Waals surface area contributed by atoms with Gasteiger partial charge in [0.25, 0.3) is 0 Å². The number of ketones is 1. The maximum absolute atomic E-state index is 11.2. The molecule has 0 unspecified atom stereocenters. The second-order valence-corrected chi connectivity index (χ2v) is 3.58. The Morgan fingerprint density at radius 2 is 2.31 bits per heavy atom. The predicted octanol–water partition coefficient (Wildman–Crippen LogP) is 1.42. The lowest BCUT2D eigenvalue weighted by atomic mass is 10.2. The summed E-state index contributed by atoms with van der Waals surface area (Å²) in [6.45, 7) is 0. The van der Waals surface area contributed by atoms with E-state index in [-0.39, 0.29) is 12.2 Å². The molecule has 0 bridgehead atoms. The number of Topliss-reactive ketones (excluding diaryl/α,β-unsaturated/α-hetero) is 1. The van der Waals surface area contributed by atoms with E-state index in [0.29, 0.717) is 6.42 Å². The fourth-order valence-corrected chi connectivity index (χ4v) is 1.64. The number of methoxy groups -OCH3 is 1. The van der Waals surface area contributed by atoms with Gasteiger partial charge in [-0.15, -0.1) is 11.3 Å². The molecule has 1 rings (SSSR count). The van der Waals surface area contributed by atoms with Crippen LogP contribution in [0.5, 0.6) is 0 Å². The van der Waals surface area contributed by atoms with Crippen LogP contribution in [0.4, 0.5) is 0 Å². The first-order valence-corrected chi connectivity index (χ1v) is 4.71. The van der Waals surface area contributed by atoms with Crippen molar-refractivity contribution in [1.82, 2.24) is 0 Å². The van der Waals surface area contributed by atoms with Gasteiger partial charge in [0.1, 0.15) is 12.2 Å². The molecule has 0 amide bonds. The Morgan fingerprint density at radius 3 is 2.85 bits per heavy atom. The topological polar surface area (TPSA) is 43.4 Å². The van der Waals surface area contributed by atoms with E-state index in [1.54, 1.807) is 0 Å². The Bertz CT molecular complexity index is 290. The number of hydrogen-bond acceptors (Lipinski definition) is 4. The number of ether oxygens (including phenoxy) is 1. The van der Waals surface area contributed by atoms with Gasteiger partial charge in [-0.3, -0.25) is 9.59 Å². The predicted molar refractivity (Wildman–Crippen MR) is 49.7 cm³/mol. The summed E-state index contributed by atoms with van der Waals surface area (Å²) in [4.78, 5) is 22.9. The van der Waals surface area contributed by atoms with Crippen LogP contribution in [0.2, 0.25) is 0 Å². The molecule has 0 fully saturated rings. The van der Waals surface area contributed by atoms with E-state index in [9.17, 15) is 9.59 Å². The lowest BCUT2D eigenvalue weighted by Gasteiger charge is -1.96. The first-order chi connectivity index (χ1) is 6.22. The van der Waals surface area contributed by atoms with Crippen molar-refractivity contribution in [2.45, 2.75) is 12.8 Å². The highest BCUT2D eigenvalue weighted by molar-refractivity contribution is 7.10. The molecule has 0 spiro atoms. The summed E-state index contributed by atoms with van der Waals surface area (Å²) in [5.41, 5.74) is 0. The molecule has 0 atom stereocenters. The maximum Gasteiger partial charge on any atom is 0.313 e. The van der Waals surface area contributed by atoms with E-state index in [1.165, 1.54) is 18.4 Å². The van der Waals surface area contributed by atoms with Crippen molar-refractivity contribution >= 4 is 23.1 Å². The van der Waals surface area contributed by atoms with Crippen molar-refractivity contribution in [3.05, 3.63) is 22.4 Å². The molecule has 1 aromatic rings. The minimum Gasteiger partial charge on any atom is -0.469 e. The zero-order valence-corrected chi connectivity index (χ0v) is 8.10. The molecular weight excluding hydrogens is 188 g/mol. The molecule has 0 aliphatic carbocycles. The largest absolute Gasteiger partial charge is 0.469 e. The second kappa shape index (κ2) is 4.77. The number of carbonyl (C=O) groups is 2. The van der Waals surface area contributed by atoms with Gasteiger partial charge >= 0.3 is 5.97 Å². The van der Waals surface area contributed by atoms with Gasteiger partial charge in [-0.2, -0.15) is 0 Å². The molecule has 0 aliphatic heterocycles. The Morgan fingerprint density at radius 1 is 1.54 bits per heavy atom. The third-order valence-electron chi connectivity index (χ3n) is 1.52. The first-order valence-electron chi connectivity index (χ1n) is 3.83. The lowest BCUT2D eigenvalue weighted by Crippen LogP contribution is -2.10. The Balaban J connectivity index is 2.38. The highest BCUT2D eigenvalue weighted by Gasteiger charge is 2.10. The van der Waals surface area contributed by atoms with E-state index in [1.807, 2.05) is 17.5 Å². The molecule has 3 nitrogen and oxygen atoms in total. The van der Waals surface area contributed by atoms with Gasteiger partial charge in [-0.1, -0.05) is 6.07 Å². The summed E-state index contributed by atoms with van der Waals surface area (Å²) in [6, 6.07) is 3.76. The van der Waals surface area contributed by atoms with E-state index < -0.39 is 5.97 Å². The average Bonchev–Trinajstić information content (AvgIpc) is 2.56. The van der Waals surface area contributed by atoms with Gasteiger partial charge in [-0.25, -0.2) is 0 Å². The summed E-state index contributed by atoms with van der Waals surface area (Å²) in [7, 11) is 1.28. The molecule has 0 aromatic carbocycles. The number of rotatable bonds is 4. The molecule has 4 heteroatoms. The molecule has 0 saturated heterocycles. The molecule has 13 heavy (non-hydrogen) atoms. The summed E-state index contributed by atoms with van der Waals surface area (Å²) < 4.78 is 4.38. The number of thiophene rings is 1. The van der Waals surface area contributed by atoms with Crippen LogP contribution in [0.15, 0.2) is 17.5 Å². The van der Waals surface area contributed by atoms with Crippen LogP contribution < -0.4 is 0 Å². The average molecular weight is 198 g/mol. The zero-order valence-electron chi connectivity index (χ0n) is 7.28. The van der Waals surface area contributed by atoms with Crippen molar-refractivity contribution in [2.24, 2.45) is 0 Å². The number of carbonyl (C=O) groups excluding carboxylic acids is 2. The number of esters is 1. The molecule has 0 aliphatic rings. The highest BCUT2D eigenvalue weighted by atomic mass is 32.1. The second-order valence-electron chi connectivity index (χ2n) is 2.55. The fourth-order valence-electron chi connectivity index (χ4n) is 0.903. The van der Waals surface area contributed by atoms with Gasteiger partial charge in [0.05, 0.1) is 7.11 Å². The molecule has 1 heterocycles. The van der Waals surface area contributed by atoms with Crippen LogP contribution in [0.25, 0.3) is 0 Å². The Labute approximate surface area is 80.3 Å². The van der Waals surface area contributed by atoms with E-state index in [0.717, 1.165) is 4.88 Å². The number of hydrogen-bond donors (Lipinski definition) is 0. The Kier molecular flexibility index (Phi) is 3.64. The minimum atomic E-state index is -0.471. The van der Waals surface area contributed by atoms with Crippen LogP contribution >= 0.6 is 11.3 Å². The standard InChI is InChI=1S/C9H10O3S/c1-12-9(11)6-7(10)5-8-3-2-4-13-8/h2-4H,5-6H2,1H3. The van der Waals surface area contributed by atoms with E-state index in [2.05, 4.69) is 4.74 Å². The Hall–Kier alpha value is -1.16. The van der Waals surface area contributed by atoms with Gasteiger partial charge in [0.15, 0.2) is 0 Å². The van der Waals surface area contributed by atoms with Crippen molar-refractivity contribution in [3.8, 4) is 0 Å². The summed E-state index contributed by atoms with van der Waals surface area (Å²) in [6.07, 6.45) is 0.196.